The fourth-order valence-corrected chi connectivity index (χ4v) is 3.63. The van der Waals surface area contributed by atoms with Gasteiger partial charge in [-0.05, 0) is 60.2 Å². The Morgan fingerprint density at radius 2 is 2.00 bits per heavy atom. The van der Waals surface area contributed by atoms with Crippen LogP contribution in [0.25, 0.3) is 0 Å². The molecule has 1 aromatic heterocycles. The molecule has 0 radical (unpaired) electrons. The molecule has 0 atom stereocenters. The summed E-state index contributed by atoms with van der Waals surface area (Å²) in [6.07, 6.45) is 5.06. The third-order valence-corrected chi connectivity index (χ3v) is 4.89. The Balaban J connectivity index is 2.02. The Kier molecular flexibility index (Phi) is 2.65. The lowest BCUT2D eigenvalue weighted by molar-refractivity contribution is -0.126. The molecular formula is C14H16BrNO2. The first-order valence-corrected chi connectivity index (χ1v) is 7.13. The highest BCUT2D eigenvalue weighted by Gasteiger charge is 2.51. The highest BCUT2D eigenvalue weighted by atomic mass is 79.9. The van der Waals surface area contributed by atoms with Gasteiger partial charge in [-0.1, -0.05) is 0 Å². The Labute approximate surface area is 115 Å². The molecule has 0 aromatic carbocycles. The Hall–Kier alpha value is -0.740. The quantitative estimate of drug-likeness (QED) is 0.801. The number of fused-ring (bicyclic) bond motifs is 2. The maximum Gasteiger partial charge on any atom is 0.149 e. The van der Waals surface area contributed by atoms with Gasteiger partial charge in [0.2, 0.25) is 0 Å². The van der Waals surface area contributed by atoms with Gasteiger partial charge in [-0.15, -0.1) is 0 Å². The molecule has 1 saturated carbocycles. The summed E-state index contributed by atoms with van der Waals surface area (Å²) in [7, 11) is 0. The predicted octanol–water partition coefficient (Wildman–Crippen LogP) is 2.53. The summed E-state index contributed by atoms with van der Waals surface area (Å²) in [6, 6.07) is 2.00. The number of Topliss-reactive ketones (excluding diaryl/α,β-unsaturated/α-hetero) is 1. The third kappa shape index (κ3) is 1.74. The highest BCUT2D eigenvalue weighted by Crippen LogP contribution is 2.48. The number of halogens is 1. The first-order valence-electron chi connectivity index (χ1n) is 6.34. The Bertz CT molecular complexity index is 515. The predicted molar refractivity (Wildman–Crippen MR) is 71.4 cm³/mol. The van der Waals surface area contributed by atoms with E-state index in [-0.39, 0.29) is 5.78 Å². The molecule has 2 aliphatic rings. The van der Waals surface area contributed by atoms with Gasteiger partial charge in [0.25, 0.3) is 0 Å². The molecule has 0 aliphatic heterocycles. The molecule has 2 aliphatic carbocycles. The van der Waals surface area contributed by atoms with E-state index < -0.39 is 11.0 Å². The highest BCUT2D eigenvalue weighted by molar-refractivity contribution is 9.10. The zero-order valence-corrected chi connectivity index (χ0v) is 12.0. The van der Waals surface area contributed by atoms with Crippen molar-refractivity contribution < 1.29 is 9.90 Å². The number of aromatic nitrogens is 1. The summed E-state index contributed by atoms with van der Waals surface area (Å²) in [6.45, 7) is 1.86. The van der Waals surface area contributed by atoms with Crippen LogP contribution in [-0.2, 0) is 16.6 Å². The van der Waals surface area contributed by atoms with Crippen LogP contribution in [-0.4, -0.2) is 21.5 Å². The van der Waals surface area contributed by atoms with Crippen LogP contribution in [0.2, 0.25) is 0 Å². The summed E-state index contributed by atoms with van der Waals surface area (Å²) in [5, 5.41) is 10.1. The zero-order chi connectivity index (χ0) is 13.0. The number of pyridine rings is 1. The minimum atomic E-state index is -0.621. The molecule has 1 spiro atoms. The van der Waals surface area contributed by atoms with E-state index >= 15 is 0 Å². The van der Waals surface area contributed by atoms with Crippen molar-refractivity contribution in [3.63, 3.8) is 0 Å². The molecule has 0 unspecified atom stereocenters. The summed E-state index contributed by atoms with van der Waals surface area (Å²) >= 11 is 3.40. The summed E-state index contributed by atoms with van der Waals surface area (Å²) in [5.74, 6) is 0.276. The van der Waals surface area contributed by atoms with Gasteiger partial charge in [0.15, 0.2) is 0 Å². The average Bonchev–Trinajstić information content (AvgIpc) is 2.55. The van der Waals surface area contributed by atoms with E-state index in [9.17, 15) is 9.90 Å². The Morgan fingerprint density at radius 3 is 2.67 bits per heavy atom. The molecule has 96 valence electrons. The number of hydrogen-bond donors (Lipinski definition) is 1. The summed E-state index contributed by atoms with van der Waals surface area (Å²) in [5.41, 5.74) is 0.962. The number of hydrogen-bond acceptors (Lipinski definition) is 3. The lowest BCUT2D eigenvalue weighted by atomic mass is 9.67. The van der Waals surface area contributed by atoms with E-state index in [1.54, 1.807) is 6.20 Å². The van der Waals surface area contributed by atoms with Crippen LogP contribution in [0.4, 0.5) is 0 Å². The number of nitrogens with zero attached hydrogens (tertiary/aromatic N) is 1. The van der Waals surface area contributed by atoms with Crippen LogP contribution in [0.15, 0.2) is 16.7 Å². The molecule has 0 bridgehead atoms. The van der Waals surface area contributed by atoms with E-state index in [4.69, 9.17) is 0 Å². The lowest BCUT2D eigenvalue weighted by Crippen LogP contribution is -2.42. The van der Waals surface area contributed by atoms with Crippen molar-refractivity contribution in [3.8, 4) is 0 Å². The van der Waals surface area contributed by atoms with E-state index in [2.05, 4.69) is 20.9 Å². The molecule has 1 fully saturated rings. The van der Waals surface area contributed by atoms with Crippen molar-refractivity contribution in [1.29, 1.82) is 0 Å². The number of carbonyl (C=O) groups is 1. The topological polar surface area (TPSA) is 50.2 Å². The van der Waals surface area contributed by atoms with Crippen molar-refractivity contribution in [2.75, 3.05) is 0 Å². The van der Waals surface area contributed by atoms with Gasteiger partial charge in [-0.3, -0.25) is 9.78 Å². The van der Waals surface area contributed by atoms with Crippen molar-refractivity contribution >= 4 is 21.7 Å². The smallest absolute Gasteiger partial charge is 0.149 e. The van der Waals surface area contributed by atoms with Crippen molar-refractivity contribution in [1.82, 2.24) is 4.98 Å². The molecule has 1 heterocycles. The second-order valence-electron chi connectivity index (χ2n) is 5.84. The lowest BCUT2D eigenvalue weighted by Gasteiger charge is -2.39. The maximum absolute atomic E-state index is 12.4. The van der Waals surface area contributed by atoms with Gasteiger partial charge in [-0.2, -0.15) is 0 Å². The van der Waals surface area contributed by atoms with Crippen LogP contribution in [0, 0.1) is 0 Å². The zero-order valence-electron chi connectivity index (χ0n) is 10.4. The van der Waals surface area contributed by atoms with Gasteiger partial charge in [-0.25, -0.2) is 0 Å². The Morgan fingerprint density at radius 1 is 1.33 bits per heavy atom. The SMILES string of the molecule is CC1(O)CCC2(CC1)C(=O)Cc1cc(Br)cnc12. The van der Waals surface area contributed by atoms with Gasteiger partial charge in [0.1, 0.15) is 5.78 Å². The van der Waals surface area contributed by atoms with Gasteiger partial charge < -0.3 is 5.11 Å². The monoisotopic (exact) mass is 309 g/mol. The molecule has 4 heteroatoms. The molecule has 1 aromatic rings. The molecule has 3 nitrogen and oxygen atoms in total. The largest absolute Gasteiger partial charge is 0.390 e. The fraction of sp³-hybridized carbons (Fsp3) is 0.571. The van der Waals surface area contributed by atoms with Crippen LogP contribution in [0.3, 0.4) is 0 Å². The maximum atomic E-state index is 12.4. The van der Waals surface area contributed by atoms with Gasteiger partial charge in [0.05, 0.1) is 16.7 Å². The van der Waals surface area contributed by atoms with E-state index in [1.165, 1.54) is 0 Å². The number of rotatable bonds is 0. The molecule has 0 saturated heterocycles. The number of carbonyl (C=O) groups excluding carboxylic acids is 1. The second-order valence-corrected chi connectivity index (χ2v) is 6.76. The minimum Gasteiger partial charge on any atom is -0.390 e. The van der Waals surface area contributed by atoms with Gasteiger partial charge >= 0.3 is 0 Å². The summed E-state index contributed by atoms with van der Waals surface area (Å²) < 4.78 is 0.925. The van der Waals surface area contributed by atoms with E-state index in [0.29, 0.717) is 19.3 Å². The summed E-state index contributed by atoms with van der Waals surface area (Å²) in [4.78, 5) is 16.9. The van der Waals surface area contributed by atoms with Crippen LogP contribution in [0.5, 0.6) is 0 Å². The molecule has 0 amide bonds. The third-order valence-electron chi connectivity index (χ3n) is 4.45. The number of aliphatic hydroxyl groups is 1. The molecule has 18 heavy (non-hydrogen) atoms. The van der Waals surface area contributed by atoms with Crippen LogP contribution < -0.4 is 0 Å². The normalized spacial score (nSPS) is 34.9. The molecular weight excluding hydrogens is 294 g/mol. The fourth-order valence-electron chi connectivity index (χ4n) is 3.25. The molecule has 3 rings (SSSR count). The van der Waals surface area contributed by atoms with Crippen molar-refractivity contribution in [2.45, 2.75) is 50.0 Å². The molecule has 1 N–H and O–H groups in total. The first kappa shape index (κ1) is 12.3. The van der Waals surface area contributed by atoms with Crippen molar-refractivity contribution in [2.24, 2.45) is 0 Å². The first-order chi connectivity index (χ1) is 8.43. The van der Waals surface area contributed by atoms with Crippen LogP contribution in [0.1, 0.15) is 43.9 Å². The van der Waals surface area contributed by atoms with E-state index in [1.807, 2.05) is 13.0 Å². The second kappa shape index (κ2) is 3.87. The van der Waals surface area contributed by atoms with Gasteiger partial charge in [0, 0.05) is 17.1 Å². The van der Waals surface area contributed by atoms with Crippen molar-refractivity contribution in [3.05, 3.63) is 28.0 Å². The number of ketones is 1. The average molecular weight is 310 g/mol. The van der Waals surface area contributed by atoms with E-state index in [0.717, 1.165) is 28.6 Å². The van der Waals surface area contributed by atoms with Crippen LogP contribution >= 0.6 is 15.9 Å². The standard InChI is InChI=1S/C14H16BrNO2/c1-13(18)2-4-14(5-3-13)11(17)7-9-6-10(15)8-16-12(9)14/h6,8,18H,2-5,7H2,1H3. The minimum absolute atomic E-state index is 0.276.